The normalized spacial score (nSPS) is 11.6. The van der Waals surface area contributed by atoms with Gasteiger partial charge in [0.15, 0.2) is 0 Å². The Labute approximate surface area is 241 Å². The van der Waals surface area contributed by atoms with E-state index in [4.69, 9.17) is 9.47 Å². The third-order valence-electron chi connectivity index (χ3n) is 5.88. The zero-order valence-corrected chi connectivity index (χ0v) is 23.5. The predicted molar refractivity (Wildman–Crippen MR) is 149 cm³/mol. The zero-order valence-electron chi connectivity index (χ0n) is 21.9. The van der Waals surface area contributed by atoms with Crippen LogP contribution in [0.4, 0.5) is 19.1 Å². The molecular weight excluding hydrogens is 611 g/mol. The van der Waals surface area contributed by atoms with Crippen LogP contribution in [0.1, 0.15) is 28.8 Å². The molecule has 3 N–H and O–H groups in total. The molecule has 0 saturated heterocycles. The van der Waals surface area contributed by atoms with Crippen molar-refractivity contribution in [1.82, 2.24) is 20.3 Å². The molecule has 41 heavy (non-hydrogen) atoms. The van der Waals surface area contributed by atoms with Crippen molar-refractivity contribution in [3.05, 3.63) is 58.2 Å². The highest BCUT2D eigenvalue weighted by Gasteiger charge is 2.31. The van der Waals surface area contributed by atoms with Gasteiger partial charge in [-0.25, -0.2) is 19.7 Å². The third kappa shape index (κ3) is 8.38. The first-order valence-corrected chi connectivity index (χ1v) is 13.4. The molecule has 10 nitrogen and oxygen atoms in total. The number of alkyl halides is 3. The van der Waals surface area contributed by atoms with Gasteiger partial charge in [-0.05, 0) is 65.1 Å². The molecule has 2 aromatic carbocycles. The summed E-state index contributed by atoms with van der Waals surface area (Å²) in [7, 11) is 1.70. The van der Waals surface area contributed by atoms with E-state index in [-0.39, 0.29) is 28.3 Å². The van der Waals surface area contributed by atoms with Crippen molar-refractivity contribution in [3.8, 4) is 11.6 Å². The van der Waals surface area contributed by atoms with Crippen LogP contribution in [0, 0.1) is 0 Å². The first kappa shape index (κ1) is 30.2. The molecule has 0 aliphatic carbocycles. The fourth-order valence-electron chi connectivity index (χ4n) is 3.96. The molecule has 218 valence electrons. The van der Waals surface area contributed by atoms with E-state index in [1.165, 1.54) is 18.2 Å². The number of fused-ring (bicyclic) bond motifs is 3. The zero-order chi connectivity index (χ0) is 29.4. The highest BCUT2D eigenvalue weighted by atomic mass is 79.9. The van der Waals surface area contributed by atoms with E-state index >= 15 is 0 Å². The molecule has 0 aliphatic rings. The van der Waals surface area contributed by atoms with Crippen molar-refractivity contribution < 1.29 is 37.3 Å². The number of halogens is 4. The van der Waals surface area contributed by atoms with Crippen molar-refractivity contribution >= 4 is 49.7 Å². The maximum absolute atomic E-state index is 12.4. The molecule has 0 spiro atoms. The standard InChI is InChI=1S/C27H27BrF3N5O5/c1-32-26-34-15-19-18-6-5-17(25(37)38)13-21(18)35-24(23(19)36-26)40-11-10-39-9-3-2-8-33-14-16-4-7-22(20(28)12-16)41-27(29,30)31/h4-7,12-13,15,33H,2-3,8-11,14H2,1H3,(H,37,38)(H,32,34,36). The number of carbonyl (C=O) groups is 1. The number of aromatic carboxylic acids is 1. The number of anilines is 1. The molecule has 0 atom stereocenters. The smallest absolute Gasteiger partial charge is 0.478 e. The van der Waals surface area contributed by atoms with Gasteiger partial charge in [-0.1, -0.05) is 12.1 Å². The van der Waals surface area contributed by atoms with Crippen molar-refractivity contribution in [1.29, 1.82) is 0 Å². The molecule has 4 aromatic rings. The van der Waals surface area contributed by atoms with E-state index < -0.39 is 12.3 Å². The summed E-state index contributed by atoms with van der Waals surface area (Å²) in [6.07, 6.45) is -1.46. The van der Waals surface area contributed by atoms with Gasteiger partial charge < -0.3 is 30.0 Å². The van der Waals surface area contributed by atoms with Crippen molar-refractivity contribution in [2.45, 2.75) is 25.7 Å². The number of hydrogen-bond donors (Lipinski definition) is 3. The summed E-state index contributed by atoms with van der Waals surface area (Å²) in [5.74, 6) is -0.680. The van der Waals surface area contributed by atoms with Gasteiger partial charge in [0.1, 0.15) is 17.9 Å². The van der Waals surface area contributed by atoms with Crippen LogP contribution in [0.2, 0.25) is 0 Å². The van der Waals surface area contributed by atoms with E-state index in [2.05, 4.69) is 46.3 Å². The minimum atomic E-state index is -4.74. The highest BCUT2D eigenvalue weighted by Crippen LogP contribution is 2.32. The molecule has 0 radical (unpaired) electrons. The Morgan fingerprint density at radius 3 is 2.61 bits per heavy atom. The number of benzene rings is 2. The summed E-state index contributed by atoms with van der Waals surface area (Å²) in [5.41, 5.74) is 1.89. The molecule has 0 fully saturated rings. The summed E-state index contributed by atoms with van der Waals surface area (Å²) in [4.78, 5) is 24.7. The molecule has 14 heteroatoms. The van der Waals surface area contributed by atoms with E-state index in [0.717, 1.165) is 18.4 Å². The number of nitrogens with zero attached hydrogens (tertiary/aromatic N) is 3. The second-order valence-electron chi connectivity index (χ2n) is 8.82. The molecule has 0 aliphatic heterocycles. The van der Waals surface area contributed by atoms with Gasteiger partial charge in [-0.15, -0.1) is 13.2 Å². The summed E-state index contributed by atoms with van der Waals surface area (Å²) < 4.78 is 52.9. The number of nitrogens with one attached hydrogen (secondary N) is 2. The number of aromatic nitrogens is 3. The molecule has 2 aromatic heterocycles. The number of carboxylic acids is 1. The minimum absolute atomic E-state index is 0.113. The topological polar surface area (TPSA) is 128 Å². The SMILES string of the molecule is CNc1ncc2c(n1)c(OCCOCCCCNCc1ccc(OC(F)(F)F)c(Br)c1)nc1cc(C(=O)O)ccc12. The number of carboxylic acid groups (broad SMARTS) is 1. The summed E-state index contributed by atoms with van der Waals surface area (Å²) in [6.45, 7) is 2.25. The van der Waals surface area contributed by atoms with Crippen LogP contribution in [0.3, 0.4) is 0 Å². The molecule has 2 heterocycles. The Bertz CT molecular complexity index is 1520. The lowest BCUT2D eigenvalue weighted by molar-refractivity contribution is -0.274. The lowest BCUT2D eigenvalue weighted by Crippen LogP contribution is -2.18. The van der Waals surface area contributed by atoms with Crippen molar-refractivity contribution in [3.63, 3.8) is 0 Å². The number of hydrogen-bond acceptors (Lipinski definition) is 9. The van der Waals surface area contributed by atoms with Crippen LogP contribution in [0.15, 0.2) is 47.1 Å². The Kier molecular flexibility index (Phi) is 10.1. The van der Waals surface area contributed by atoms with Gasteiger partial charge >= 0.3 is 12.3 Å². The van der Waals surface area contributed by atoms with Crippen molar-refractivity contribution in [2.75, 3.05) is 38.7 Å². The van der Waals surface area contributed by atoms with E-state index in [1.54, 1.807) is 31.4 Å². The average molecular weight is 638 g/mol. The first-order chi connectivity index (χ1) is 19.6. The highest BCUT2D eigenvalue weighted by molar-refractivity contribution is 9.10. The molecule has 4 rings (SSSR count). The predicted octanol–water partition coefficient (Wildman–Crippen LogP) is 5.54. The van der Waals surface area contributed by atoms with Gasteiger partial charge in [0, 0.05) is 37.2 Å². The fourth-order valence-corrected chi connectivity index (χ4v) is 4.47. The summed E-state index contributed by atoms with van der Waals surface area (Å²) in [5, 5.41) is 16.9. The van der Waals surface area contributed by atoms with Crippen LogP contribution < -0.4 is 20.1 Å². The number of pyridine rings is 1. The maximum atomic E-state index is 12.4. The van der Waals surface area contributed by atoms with Gasteiger partial charge in [-0.2, -0.15) is 0 Å². The summed E-state index contributed by atoms with van der Waals surface area (Å²) >= 11 is 3.10. The molecule has 0 unspecified atom stereocenters. The van der Waals surface area contributed by atoms with Gasteiger partial charge in [0.25, 0.3) is 0 Å². The Hall–Kier alpha value is -3.75. The number of unbranched alkanes of at least 4 members (excludes halogenated alkanes) is 1. The van der Waals surface area contributed by atoms with Gasteiger partial charge in [0.2, 0.25) is 11.8 Å². The van der Waals surface area contributed by atoms with E-state index in [0.29, 0.717) is 54.1 Å². The second kappa shape index (κ2) is 13.7. The van der Waals surface area contributed by atoms with Crippen LogP contribution in [0.25, 0.3) is 21.8 Å². The summed E-state index contributed by atoms with van der Waals surface area (Å²) in [6, 6.07) is 9.11. The Morgan fingerprint density at radius 1 is 1.05 bits per heavy atom. The average Bonchev–Trinajstić information content (AvgIpc) is 2.94. The molecular formula is C27H27BrF3N5O5. The largest absolute Gasteiger partial charge is 0.573 e. The number of ether oxygens (including phenoxy) is 3. The molecule has 0 bridgehead atoms. The third-order valence-corrected chi connectivity index (χ3v) is 6.50. The van der Waals surface area contributed by atoms with Crippen LogP contribution >= 0.6 is 15.9 Å². The molecule has 0 amide bonds. The van der Waals surface area contributed by atoms with E-state index in [9.17, 15) is 23.1 Å². The monoisotopic (exact) mass is 637 g/mol. The lowest BCUT2D eigenvalue weighted by atomic mass is 10.1. The fraction of sp³-hybridized carbons (Fsp3) is 0.333. The first-order valence-electron chi connectivity index (χ1n) is 12.6. The van der Waals surface area contributed by atoms with Gasteiger partial charge in [0.05, 0.1) is 22.2 Å². The lowest BCUT2D eigenvalue weighted by Gasteiger charge is -2.12. The Morgan fingerprint density at radius 2 is 1.88 bits per heavy atom. The Balaban J connectivity index is 1.21. The number of rotatable bonds is 14. The molecule has 0 saturated carbocycles. The van der Waals surface area contributed by atoms with Crippen LogP contribution in [-0.2, 0) is 11.3 Å². The second-order valence-corrected chi connectivity index (χ2v) is 9.67. The van der Waals surface area contributed by atoms with Crippen LogP contribution in [-0.4, -0.2) is 65.8 Å². The van der Waals surface area contributed by atoms with Gasteiger partial charge in [-0.3, -0.25) is 0 Å². The maximum Gasteiger partial charge on any atom is 0.573 e. The quantitative estimate of drug-likeness (QED) is 0.120. The minimum Gasteiger partial charge on any atom is -0.478 e. The van der Waals surface area contributed by atoms with Crippen LogP contribution in [0.5, 0.6) is 11.6 Å². The van der Waals surface area contributed by atoms with E-state index in [1.807, 2.05) is 0 Å². The van der Waals surface area contributed by atoms with Crippen molar-refractivity contribution in [2.24, 2.45) is 0 Å².